The lowest BCUT2D eigenvalue weighted by molar-refractivity contribution is -0.137. The second-order valence-corrected chi connectivity index (χ2v) is 13.0. The molecular formula is C37H44N6O5. The van der Waals surface area contributed by atoms with Crippen LogP contribution in [0.25, 0.3) is 0 Å². The Labute approximate surface area is 281 Å². The van der Waals surface area contributed by atoms with Crippen LogP contribution in [0.4, 0.5) is 10.5 Å². The van der Waals surface area contributed by atoms with Gasteiger partial charge in [-0.05, 0) is 91.8 Å². The monoisotopic (exact) mass is 652 g/mol. The number of carbonyl (C=O) groups excluding carboxylic acids is 4. The minimum Gasteiger partial charge on any atom is -0.494 e. The first-order chi connectivity index (χ1) is 23.3. The lowest BCUT2D eigenvalue weighted by Crippen LogP contribution is -2.57. The highest BCUT2D eigenvalue weighted by atomic mass is 16.5. The summed E-state index contributed by atoms with van der Waals surface area (Å²) in [5.74, 6) is -0.117. The van der Waals surface area contributed by atoms with Gasteiger partial charge >= 0.3 is 6.03 Å². The molecule has 3 aliphatic heterocycles. The molecule has 1 aromatic heterocycles. The van der Waals surface area contributed by atoms with Crippen LogP contribution < -0.4 is 25.6 Å². The third-order valence-electron chi connectivity index (χ3n) is 9.65. The average Bonchev–Trinajstić information content (AvgIpc) is 3.54. The molecule has 3 N–H and O–H groups in total. The fraction of sp³-hybridized carbons (Fsp3) is 0.432. The van der Waals surface area contributed by atoms with Crippen molar-refractivity contribution in [1.29, 1.82) is 0 Å². The van der Waals surface area contributed by atoms with Gasteiger partial charge in [0.1, 0.15) is 17.8 Å². The Morgan fingerprint density at radius 3 is 2.73 bits per heavy atom. The molecule has 3 atom stereocenters. The molecule has 0 saturated carbocycles. The summed E-state index contributed by atoms with van der Waals surface area (Å²) < 4.78 is 6.12. The van der Waals surface area contributed by atoms with Crippen molar-refractivity contribution in [3.8, 4) is 5.75 Å². The van der Waals surface area contributed by atoms with Gasteiger partial charge in [-0.15, -0.1) is 0 Å². The first-order valence-electron chi connectivity index (χ1n) is 17.0. The van der Waals surface area contributed by atoms with Gasteiger partial charge in [0.25, 0.3) is 0 Å². The zero-order valence-electron chi connectivity index (χ0n) is 27.5. The molecule has 3 aromatic rings. The van der Waals surface area contributed by atoms with E-state index in [1.54, 1.807) is 28.3 Å². The Bertz CT molecular complexity index is 1630. The maximum atomic E-state index is 14.1. The highest BCUT2D eigenvalue weighted by Gasteiger charge is 2.34. The Morgan fingerprint density at radius 1 is 1.02 bits per heavy atom. The first kappa shape index (κ1) is 33.0. The van der Waals surface area contributed by atoms with Crippen molar-refractivity contribution in [2.45, 2.75) is 70.5 Å². The van der Waals surface area contributed by atoms with Crippen molar-refractivity contribution in [3.63, 3.8) is 0 Å². The molecule has 0 aliphatic carbocycles. The van der Waals surface area contributed by atoms with Gasteiger partial charge < -0.3 is 25.6 Å². The summed E-state index contributed by atoms with van der Waals surface area (Å²) in [7, 11) is 0. The number of anilines is 1. The smallest absolute Gasteiger partial charge is 0.322 e. The van der Waals surface area contributed by atoms with E-state index >= 15 is 0 Å². The molecule has 4 bridgehead atoms. The number of piperidine rings is 1. The number of benzene rings is 2. The van der Waals surface area contributed by atoms with Crippen LogP contribution in [0.3, 0.4) is 0 Å². The molecule has 0 radical (unpaired) electrons. The number of hydrogen-bond acceptors (Lipinski definition) is 6. The van der Waals surface area contributed by atoms with Crippen LogP contribution >= 0.6 is 0 Å². The van der Waals surface area contributed by atoms with E-state index in [0.29, 0.717) is 45.5 Å². The number of carbonyl (C=O) groups is 4. The fourth-order valence-electron chi connectivity index (χ4n) is 6.78. The van der Waals surface area contributed by atoms with Gasteiger partial charge in [-0.1, -0.05) is 36.4 Å². The molecule has 1 unspecified atom stereocenters. The number of aromatic nitrogens is 1. The quantitative estimate of drug-likeness (QED) is 0.394. The number of nitrogens with one attached hydrogen (secondary N) is 3. The minimum atomic E-state index is -1.18. The minimum absolute atomic E-state index is 0.207. The van der Waals surface area contributed by atoms with Crippen molar-refractivity contribution in [2.75, 3.05) is 31.1 Å². The summed E-state index contributed by atoms with van der Waals surface area (Å²) in [5, 5.41) is 8.78. The molecular weight excluding hydrogens is 608 g/mol. The predicted molar refractivity (Wildman–Crippen MR) is 181 cm³/mol. The van der Waals surface area contributed by atoms with E-state index in [1.807, 2.05) is 55.5 Å². The lowest BCUT2D eigenvalue weighted by atomic mass is 9.94. The molecule has 6 rings (SSSR count). The normalized spacial score (nSPS) is 22.0. The number of amides is 5. The maximum absolute atomic E-state index is 14.1. The number of rotatable bonds is 4. The van der Waals surface area contributed by atoms with Crippen molar-refractivity contribution >= 4 is 29.4 Å². The van der Waals surface area contributed by atoms with Gasteiger partial charge in [-0.3, -0.25) is 24.3 Å². The molecule has 5 amide bonds. The molecule has 2 aromatic carbocycles. The number of aryl methyl sites for hydroxylation is 2. The second kappa shape index (κ2) is 15.3. The fourth-order valence-corrected chi connectivity index (χ4v) is 6.78. The zero-order chi connectivity index (χ0) is 33.5. The molecule has 252 valence electrons. The van der Waals surface area contributed by atoms with Crippen LogP contribution in [0.5, 0.6) is 5.75 Å². The summed E-state index contributed by atoms with van der Waals surface area (Å²) >= 11 is 0. The predicted octanol–water partition coefficient (Wildman–Crippen LogP) is 3.68. The van der Waals surface area contributed by atoms with E-state index in [0.717, 1.165) is 53.0 Å². The van der Waals surface area contributed by atoms with Gasteiger partial charge in [-0.25, -0.2) is 4.79 Å². The van der Waals surface area contributed by atoms with E-state index in [4.69, 9.17) is 4.74 Å². The number of pyridine rings is 1. The second-order valence-electron chi connectivity index (χ2n) is 13.0. The summed E-state index contributed by atoms with van der Waals surface area (Å²) in [4.78, 5) is 62.7. The van der Waals surface area contributed by atoms with Crippen molar-refractivity contribution in [2.24, 2.45) is 5.92 Å². The Kier molecular flexibility index (Phi) is 10.5. The van der Waals surface area contributed by atoms with Crippen LogP contribution in [-0.2, 0) is 33.8 Å². The molecule has 11 heteroatoms. The Balaban J connectivity index is 1.27. The number of ether oxygens (including phenoxy) is 1. The molecule has 3 aliphatic rings. The van der Waals surface area contributed by atoms with E-state index < -0.39 is 24.0 Å². The van der Waals surface area contributed by atoms with Crippen molar-refractivity contribution in [3.05, 3.63) is 89.2 Å². The summed E-state index contributed by atoms with van der Waals surface area (Å²) in [5.41, 5.74) is 4.65. The van der Waals surface area contributed by atoms with E-state index in [1.165, 1.54) is 0 Å². The van der Waals surface area contributed by atoms with Crippen LogP contribution in [-0.4, -0.2) is 72.0 Å². The van der Waals surface area contributed by atoms with E-state index in [-0.39, 0.29) is 30.7 Å². The van der Waals surface area contributed by atoms with Gasteiger partial charge in [0.15, 0.2) is 0 Å². The number of nitrogens with zero attached hydrogens (tertiary/aromatic N) is 3. The summed E-state index contributed by atoms with van der Waals surface area (Å²) in [6.07, 6.45) is 7.31. The molecule has 11 nitrogen and oxygen atoms in total. The molecule has 0 spiro atoms. The highest BCUT2D eigenvalue weighted by molar-refractivity contribution is 5.99. The largest absolute Gasteiger partial charge is 0.494 e. The lowest BCUT2D eigenvalue weighted by Gasteiger charge is -2.34. The van der Waals surface area contributed by atoms with Gasteiger partial charge in [0, 0.05) is 38.6 Å². The first-order valence-corrected chi connectivity index (χ1v) is 17.0. The molecule has 1 fully saturated rings. The van der Waals surface area contributed by atoms with Crippen LogP contribution in [0.1, 0.15) is 54.4 Å². The van der Waals surface area contributed by atoms with Crippen LogP contribution in [0, 0.1) is 12.8 Å². The van der Waals surface area contributed by atoms with Gasteiger partial charge in [-0.2, -0.15) is 0 Å². The van der Waals surface area contributed by atoms with Gasteiger partial charge in [0.05, 0.1) is 18.7 Å². The molecule has 48 heavy (non-hydrogen) atoms. The van der Waals surface area contributed by atoms with Crippen molar-refractivity contribution in [1.82, 2.24) is 25.8 Å². The van der Waals surface area contributed by atoms with E-state index in [2.05, 4.69) is 20.9 Å². The van der Waals surface area contributed by atoms with Crippen LogP contribution in [0.15, 0.2) is 67.0 Å². The number of fused-ring (bicyclic) bond motifs is 5. The Morgan fingerprint density at radius 2 is 1.88 bits per heavy atom. The zero-order valence-corrected chi connectivity index (χ0v) is 27.5. The Hall–Kier alpha value is -4.93. The highest BCUT2D eigenvalue weighted by Crippen LogP contribution is 2.27. The maximum Gasteiger partial charge on any atom is 0.322 e. The molecule has 1 saturated heterocycles. The summed E-state index contributed by atoms with van der Waals surface area (Å²) in [6.45, 7) is 4.36. The number of hydrogen-bond donors (Lipinski definition) is 3. The van der Waals surface area contributed by atoms with Crippen molar-refractivity contribution < 1.29 is 23.9 Å². The van der Waals surface area contributed by atoms with E-state index in [9.17, 15) is 19.2 Å². The molecule has 4 heterocycles. The topological polar surface area (TPSA) is 133 Å². The number of urea groups is 1. The standard InChI is InChI=1S/C37H44N6O5/c1-25-9-11-30-20-29(25)23-39-35(45)31(12-10-26-6-3-2-4-7-26)40-36(46)32(21-34(44)42-17-5-8-27(24-42)15-19-48-30)41-37(47)43-18-14-28-22-38-16-13-33(28)43/h2-4,6-7,9,11,13,16,20,22,27,31-32H,5,8,10,12,14-15,17-19,21,23-24H2,1H3,(H,39,45)(H,40,46)(H,41,47)/t27?,31-,32-/m0/s1. The third kappa shape index (κ3) is 8.13. The van der Waals surface area contributed by atoms with Gasteiger partial charge in [0.2, 0.25) is 17.7 Å². The SMILES string of the molecule is Cc1ccc2cc1CNC(=O)[C@H](CCc1ccccc1)NC(=O)[C@@H](NC(=O)N1CCc3cnccc31)CC(=O)N1CCCC(CCO2)C1. The van der Waals surface area contributed by atoms with Crippen LogP contribution in [0.2, 0.25) is 0 Å². The third-order valence-corrected chi connectivity index (χ3v) is 9.65. The average molecular weight is 653 g/mol. The summed E-state index contributed by atoms with van der Waals surface area (Å²) in [6, 6.07) is 14.9.